The highest BCUT2D eigenvalue weighted by molar-refractivity contribution is 9.10. The topological polar surface area (TPSA) is 46.9 Å². The normalized spacial score (nSPS) is 14.5. The summed E-state index contributed by atoms with van der Waals surface area (Å²) in [5, 5.41) is 2.62. The third-order valence-electron chi connectivity index (χ3n) is 6.78. The van der Waals surface area contributed by atoms with Crippen molar-refractivity contribution in [3.05, 3.63) is 76.3 Å². The summed E-state index contributed by atoms with van der Waals surface area (Å²) in [6.07, 6.45) is -0.277. The predicted octanol–water partition coefficient (Wildman–Crippen LogP) is 6.04. The average Bonchev–Trinajstić information content (AvgIpc) is 3.21. The second-order valence-electron chi connectivity index (χ2n) is 8.89. The van der Waals surface area contributed by atoms with Gasteiger partial charge < -0.3 is 18.9 Å². The molecule has 0 radical (unpaired) electrons. The molecule has 182 valence electrons. The number of methoxy groups -OCH3 is 1. The average molecular weight is 536 g/mol. The molecule has 1 aliphatic rings. The summed E-state index contributed by atoms with van der Waals surface area (Å²) in [5.41, 5.74) is 4.71. The number of hydrogen-bond acceptors (Lipinski definition) is 4. The largest absolute Gasteiger partial charge is 0.496 e. The van der Waals surface area contributed by atoms with Gasteiger partial charge in [-0.1, -0.05) is 40.2 Å². The monoisotopic (exact) mass is 535 g/mol. The second kappa shape index (κ2) is 10.3. The first kappa shape index (κ1) is 23.7. The van der Waals surface area contributed by atoms with E-state index in [1.807, 2.05) is 18.2 Å². The lowest BCUT2D eigenvalue weighted by Crippen LogP contribution is -2.48. The lowest BCUT2D eigenvalue weighted by atomic mass is 10.1. The fourth-order valence-corrected chi connectivity index (χ4v) is 5.39. The van der Waals surface area contributed by atoms with Gasteiger partial charge in [-0.25, -0.2) is 4.79 Å². The van der Waals surface area contributed by atoms with Gasteiger partial charge >= 0.3 is 6.09 Å². The van der Waals surface area contributed by atoms with E-state index in [0.29, 0.717) is 18.8 Å². The maximum absolute atomic E-state index is 12.7. The van der Waals surface area contributed by atoms with Crippen LogP contribution < -0.4 is 4.74 Å². The number of aryl methyl sites for hydroxylation is 1. The minimum atomic E-state index is -0.277. The molecule has 2 heterocycles. The Hall–Kier alpha value is -3.03. The number of fused-ring (bicyclic) bond motifs is 3. The van der Waals surface area contributed by atoms with Gasteiger partial charge in [0.25, 0.3) is 0 Å². The Balaban J connectivity index is 1.20. The van der Waals surface area contributed by atoms with Gasteiger partial charge in [-0.3, -0.25) is 4.90 Å². The van der Waals surface area contributed by atoms with Crippen molar-refractivity contribution in [2.75, 3.05) is 33.3 Å². The van der Waals surface area contributed by atoms with Crippen molar-refractivity contribution in [1.29, 1.82) is 0 Å². The van der Waals surface area contributed by atoms with Gasteiger partial charge in [-0.2, -0.15) is 0 Å². The number of ether oxygens (including phenoxy) is 2. The molecule has 1 amide bonds. The number of amides is 1. The number of carbonyl (C=O) groups excluding carboxylic acids is 1. The van der Waals surface area contributed by atoms with Gasteiger partial charge in [-0.05, 0) is 48.9 Å². The minimum absolute atomic E-state index is 0.188. The van der Waals surface area contributed by atoms with Crippen LogP contribution in [0.2, 0.25) is 0 Å². The Morgan fingerprint density at radius 3 is 2.49 bits per heavy atom. The highest BCUT2D eigenvalue weighted by Crippen LogP contribution is 2.30. The van der Waals surface area contributed by atoms with Gasteiger partial charge in [0.1, 0.15) is 12.4 Å². The first-order valence-corrected chi connectivity index (χ1v) is 12.8. The highest BCUT2D eigenvalue weighted by Gasteiger charge is 2.23. The zero-order valence-electron chi connectivity index (χ0n) is 20.2. The lowest BCUT2D eigenvalue weighted by Gasteiger charge is -2.34. The Kier molecular flexibility index (Phi) is 6.97. The molecule has 1 aromatic heterocycles. The molecule has 7 heteroatoms. The van der Waals surface area contributed by atoms with Crippen LogP contribution in [-0.2, 0) is 24.4 Å². The standard InChI is InChI=1S/C28H30BrN3O3/c1-3-32-25-7-5-4-6-23(25)24-16-20(8-10-26(24)32)18-30-12-14-31(15-13-30)28(33)35-19-21-17-22(29)9-11-27(21)34-2/h4-11,16-17H,3,12-15,18-19H2,1-2H3. The zero-order chi connectivity index (χ0) is 24.4. The summed E-state index contributed by atoms with van der Waals surface area (Å²) in [6.45, 7) is 7.17. The van der Waals surface area contributed by atoms with Gasteiger partial charge in [-0.15, -0.1) is 0 Å². The predicted molar refractivity (Wildman–Crippen MR) is 143 cm³/mol. The SMILES string of the molecule is CCn1c2ccccc2c2cc(CN3CCN(C(=O)OCc4cc(Br)ccc4OC)CC3)ccc21. The number of hydrogen-bond donors (Lipinski definition) is 0. The van der Waals surface area contributed by atoms with Crippen molar-refractivity contribution in [1.82, 2.24) is 14.4 Å². The van der Waals surface area contributed by atoms with Crippen LogP contribution >= 0.6 is 15.9 Å². The molecule has 0 spiro atoms. The van der Waals surface area contributed by atoms with E-state index < -0.39 is 0 Å². The number of para-hydroxylation sites is 1. The van der Waals surface area contributed by atoms with Gasteiger partial charge in [0.15, 0.2) is 0 Å². The summed E-state index contributed by atoms with van der Waals surface area (Å²) >= 11 is 3.46. The molecule has 0 atom stereocenters. The number of nitrogens with zero attached hydrogens (tertiary/aromatic N) is 3. The molecule has 5 rings (SSSR count). The fourth-order valence-electron chi connectivity index (χ4n) is 4.98. The molecule has 1 aliphatic heterocycles. The molecule has 35 heavy (non-hydrogen) atoms. The first-order valence-electron chi connectivity index (χ1n) is 12.0. The molecule has 1 fully saturated rings. The van der Waals surface area contributed by atoms with E-state index in [-0.39, 0.29) is 12.7 Å². The molecule has 0 N–H and O–H groups in total. The number of piperazine rings is 1. The lowest BCUT2D eigenvalue weighted by molar-refractivity contribution is 0.0696. The van der Waals surface area contributed by atoms with E-state index in [1.54, 1.807) is 12.0 Å². The van der Waals surface area contributed by atoms with Crippen LogP contribution in [0.5, 0.6) is 5.75 Å². The zero-order valence-corrected chi connectivity index (χ0v) is 21.8. The maximum Gasteiger partial charge on any atom is 0.410 e. The van der Waals surface area contributed by atoms with Crippen LogP contribution in [0.25, 0.3) is 21.8 Å². The van der Waals surface area contributed by atoms with Crippen LogP contribution in [0.1, 0.15) is 18.1 Å². The van der Waals surface area contributed by atoms with Crippen LogP contribution in [0, 0.1) is 0 Å². The Bertz CT molecular complexity index is 1360. The van der Waals surface area contributed by atoms with Crippen molar-refractivity contribution in [3.63, 3.8) is 0 Å². The fraction of sp³-hybridized carbons (Fsp3) is 0.321. The van der Waals surface area contributed by atoms with Crippen LogP contribution in [0.4, 0.5) is 4.79 Å². The van der Waals surface area contributed by atoms with Crippen LogP contribution in [-0.4, -0.2) is 53.7 Å². The number of carbonyl (C=O) groups is 1. The number of halogens is 1. The summed E-state index contributed by atoms with van der Waals surface area (Å²) < 4.78 is 14.3. The van der Waals surface area contributed by atoms with Crippen molar-refractivity contribution in [2.45, 2.75) is 26.6 Å². The number of aromatic nitrogens is 1. The Morgan fingerprint density at radius 1 is 0.943 bits per heavy atom. The minimum Gasteiger partial charge on any atom is -0.496 e. The molecule has 3 aromatic carbocycles. The molecular formula is C28H30BrN3O3. The van der Waals surface area contributed by atoms with Crippen molar-refractivity contribution < 1.29 is 14.3 Å². The van der Waals surface area contributed by atoms with Gasteiger partial charge in [0.05, 0.1) is 7.11 Å². The molecule has 1 saturated heterocycles. The summed E-state index contributed by atoms with van der Waals surface area (Å²) in [6, 6.07) is 21.1. The molecule has 0 saturated carbocycles. The summed E-state index contributed by atoms with van der Waals surface area (Å²) in [5.74, 6) is 0.713. The molecule has 0 unspecified atom stereocenters. The Morgan fingerprint density at radius 2 is 1.71 bits per heavy atom. The van der Waals surface area contributed by atoms with Crippen molar-refractivity contribution >= 4 is 43.8 Å². The Labute approximate surface area is 214 Å². The quantitative estimate of drug-likeness (QED) is 0.302. The number of benzene rings is 3. The molecule has 6 nitrogen and oxygen atoms in total. The molecule has 4 aromatic rings. The summed E-state index contributed by atoms with van der Waals surface area (Å²) in [4.78, 5) is 16.8. The van der Waals surface area contributed by atoms with Gasteiger partial charge in [0.2, 0.25) is 0 Å². The third kappa shape index (κ3) is 4.88. The van der Waals surface area contributed by atoms with Crippen LogP contribution in [0.3, 0.4) is 0 Å². The van der Waals surface area contributed by atoms with E-state index >= 15 is 0 Å². The van der Waals surface area contributed by atoms with E-state index in [4.69, 9.17) is 9.47 Å². The van der Waals surface area contributed by atoms with E-state index in [2.05, 4.69) is 74.8 Å². The highest BCUT2D eigenvalue weighted by atomic mass is 79.9. The summed E-state index contributed by atoms with van der Waals surface area (Å²) in [7, 11) is 1.62. The van der Waals surface area contributed by atoms with Gasteiger partial charge in [0, 0.05) is 71.1 Å². The number of rotatable bonds is 6. The van der Waals surface area contributed by atoms with Crippen molar-refractivity contribution in [3.8, 4) is 5.75 Å². The van der Waals surface area contributed by atoms with E-state index in [0.717, 1.165) is 36.2 Å². The van der Waals surface area contributed by atoms with E-state index in [1.165, 1.54) is 27.4 Å². The molecular weight excluding hydrogens is 506 g/mol. The molecule has 0 aliphatic carbocycles. The van der Waals surface area contributed by atoms with Crippen LogP contribution in [0.15, 0.2) is 65.1 Å². The molecule has 0 bridgehead atoms. The smallest absolute Gasteiger partial charge is 0.410 e. The van der Waals surface area contributed by atoms with E-state index in [9.17, 15) is 4.79 Å². The maximum atomic E-state index is 12.7. The first-order chi connectivity index (χ1) is 17.1. The van der Waals surface area contributed by atoms with Crippen molar-refractivity contribution in [2.24, 2.45) is 0 Å². The third-order valence-corrected chi connectivity index (χ3v) is 7.28. The second-order valence-corrected chi connectivity index (χ2v) is 9.80.